The molecule has 27 heavy (non-hydrogen) atoms. The van der Waals surface area contributed by atoms with E-state index < -0.39 is 23.3 Å². The molecule has 0 spiro atoms. The molecule has 1 fully saturated rings. The van der Waals surface area contributed by atoms with Crippen LogP contribution in [0.4, 0.5) is 17.6 Å². The summed E-state index contributed by atoms with van der Waals surface area (Å²) in [5.74, 6) is -2.77. The molecule has 1 aliphatic carbocycles. The van der Waals surface area contributed by atoms with Crippen molar-refractivity contribution >= 4 is 0 Å². The van der Waals surface area contributed by atoms with E-state index in [9.17, 15) is 17.6 Å². The number of hydrogen-bond donors (Lipinski definition) is 0. The van der Waals surface area contributed by atoms with Crippen LogP contribution in [-0.4, -0.2) is 0 Å². The molecule has 0 atom stereocenters. The van der Waals surface area contributed by atoms with Gasteiger partial charge in [-0.05, 0) is 84.9 Å². The summed E-state index contributed by atoms with van der Waals surface area (Å²) in [6, 6.07) is 4.83. The van der Waals surface area contributed by atoms with Gasteiger partial charge in [0.1, 0.15) is 11.6 Å². The minimum absolute atomic E-state index is 0.00184. The Morgan fingerprint density at radius 1 is 0.926 bits per heavy atom. The predicted molar refractivity (Wildman–Crippen MR) is 101 cm³/mol. The summed E-state index contributed by atoms with van der Waals surface area (Å²) in [6.07, 6.45) is 6.62. The number of benzene rings is 2. The van der Waals surface area contributed by atoms with Crippen LogP contribution in [0.3, 0.4) is 0 Å². The second-order valence-electron chi connectivity index (χ2n) is 7.41. The summed E-state index contributed by atoms with van der Waals surface area (Å²) < 4.78 is 57.3. The Hall–Kier alpha value is -2.10. The maximum atomic E-state index is 14.8. The third kappa shape index (κ3) is 4.10. The Morgan fingerprint density at radius 3 is 2.11 bits per heavy atom. The maximum Gasteiger partial charge on any atom is 0.162 e. The highest BCUT2D eigenvalue weighted by atomic mass is 19.2. The van der Waals surface area contributed by atoms with E-state index in [1.165, 1.54) is 24.3 Å². The van der Waals surface area contributed by atoms with E-state index in [1.807, 2.05) is 0 Å². The lowest BCUT2D eigenvalue weighted by molar-refractivity contribution is 0.318. The summed E-state index contributed by atoms with van der Waals surface area (Å²) >= 11 is 0. The van der Waals surface area contributed by atoms with Crippen LogP contribution in [-0.2, 0) is 6.42 Å². The van der Waals surface area contributed by atoms with Crippen LogP contribution in [0.5, 0.6) is 0 Å². The lowest BCUT2D eigenvalue weighted by atomic mass is 9.77. The zero-order valence-electron chi connectivity index (χ0n) is 15.5. The first kappa shape index (κ1) is 19.7. The van der Waals surface area contributed by atoms with E-state index in [-0.39, 0.29) is 29.0 Å². The van der Waals surface area contributed by atoms with Crippen LogP contribution < -0.4 is 0 Å². The molecule has 0 radical (unpaired) electrons. The molecule has 0 bridgehead atoms. The first-order chi connectivity index (χ1) is 12.9. The summed E-state index contributed by atoms with van der Waals surface area (Å²) in [6.45, 7) is 5.67. The van der Waals surface area contributed by atoms with Crippen molar-refractivity contribution in [1.82, 2.24) is 0 Å². The molecule has 0 saturated heterocycles. The van der Waals surface area contributed by atoms with Gasteiger partial charge < -0.3 is 0 Å². The van der Waals surface area contributed by atoms with Gasteiger partial charge in [-0.2, -0.15) is 0 Å². The quantitative estimate of drug-likeness (QED) is 0.379. The number of halogens is 4. The third-order valence-electron chi connectivity index (χ3n) is 5.72. The first-order valence-electron chi connectivity index (χ1n) is 9.52. The maximum absolute atomic E-state index is 14.8. The molecule has 144 valence electrons. The van der Waals surface area contributed by atoms with E-state index in [0.717, 1.165) is 38.2 Å². The van der Waals surface area contributed by atoms with Crippen LogP contribution in [0.25, 0.3) is 11.1 Å². The van der Waals surface area contributed by atoms with Crippen molar-refractivity contribution in [2.24, 2.45) is 5.92 Å². The van der Waals surface area contributed by atoms with Gasteiger partial charge in [0.15, 0.2) is 11.6 Å². The lowest BCUT2D eigenvalue weighted by Gasteiger charge is -2.28. The van der Waals surface area contributed by atoms with Gasteiger partial charge in [-0.15, -0.1) is 6.58 Å². The van der Waals surface area contributed by atoms with Gasteiger partial charge in [0.05, 0.1) is 5.56 Å². The van der Waals surface area contributed by atoms with Gasteiger partial charge in [-0.3, -0.25) is 0 Å². The van der Waals surface area contributed by atoms with Crippen molar-refractivity contribution in [2.75, 3.05) is 0 Å². The smallest absolute Gasteiger partial charge is 0.162 e. The molecule has 3 rings (SSSR count). The van der Waals surface area contributed by atoms with Crippen LogP contribution in [0.2, 0.25) is 0 Å². The molecule has 0 amide bonds. The highest BCUT2D eigenvalue weighted by molar-refractivity contribution is 5.66. The Labute approximate surface area is 157 Å². The molecule has 0 N–H and O–H groups in total. The van der Waals surface area contributed by atoms with Gasteiger partial charge in [-0.1, -0.05) is 19.4 Å². The summed E-state index contributed by atoms with van der Waals surface area (Å²) in [5.41, 5.74) is 0.366. The summed E-state index contributed by atoms with van der Waals surface area (Å²) in [5, 5.41) is 0. The van der Waals surface area contributed by atoms with Gasteiger partial charge >= 0.3 is 0 Å². The van der Waals surface area contributed by atoms with Crippen molar-refractivity contribution < 1.29 is 17.6 Å². The van der Waals surface area contributed by atoms with Crippen molar-refractivity contribution in [3.8, 4) is 11.1 Å². The Balaban J connectivity index is 1.95. The SMILES string of the molecule is C=CCc1cc(-c2c(F)cc(C3CCC(CC)CC3)cc2F)cc(F)c1F. The van der Waals surface area contributed by atoms with Crippen LogP contribution >= 0.6 is 0 Å². The Kier molecular flexibility index (Phi) is 6.03. The molecular formula is C23H24F4. The lowest BCUT2D eigenvalue weighted by Crippen LogP contribution is -2.13. The van der Waals surface area contributed by atoms with Crippen LogP contribution in [0.15, 0.2) is 36.9 Å². The van der Waals surface area contributed by atoms with E-state index >= 15 is 0 Å². The van der Waals surface area contributed by atoms with Crippen LogP contribution in [0.1, 0.15) is 56.1 Å². The average Bonchev–Trinajstić information content (AvgIpc) is 2.65. The monoisotopic (exact) mass is 376 g/mol. The van der Waals surface area contributed by atoms with Gasteiger partial charge in [0.2, 0.25) is 0 Å². The predicted octanol–water partition coefficient (Wildman–Crippen LogP) is 7.32. The topological polar surface area (TPSA) is 0 Å². The van der Waals surface area contributed by atoms with Crippen molar-refractivity contribution in [3.05, 3.63) is 71.3 Å². The normalized spacial score (nSPS) is 19.9. The second kappa shape index (κ2) is 8.28. The van der Waals surface area contributed by atoms with E-state index in [1.54, 1.807) is 0 Å². The molecule has 0 aliphatic heterocycles. The fraction of sp³-hybridized carbons (Fsp3) is 0.391. The Morgan fingerprint density at radius 2 is 1.56 bits per heavy atom. The third-order valence-corrected chi connectivity index (χ3v) is 5.72. The molecule has 1 saturated carbocycles. The molecule has 4 heteroatoms. The standard InChI is InChI=1S/C23H24F4/c1-3-5-16-10-18(13-21(26)23(16)27)22-19(24)11-17(12-20(22)25)15-8-6-14(4-2)7-9-15/h3,10-15H,1,4-9H2,2H3. The fourth-order valence-electron chi connectivity index (χ4n) is 4.10. The number of rotatable bonds is 5. The van der Waals surface area contributed by atoms with Crippen molar-refractivity contribution in [2.45, 2.75) is 51.4 Å². The molecule has 0 heterocycles. The molecule has 2 aromatic rings. The molecular weight excluding hydrogens is 352 g/mol. The fourth-order valence-corrected chi connectivity index (χ4v) is 4.10. The van der Waals surface area contributed by atoms with Gasteiger partial charge in [0, 0.05) is 0 Å². The van der Waals surface area contributed by atoms with Crippen LogP contribution in [0, 0.1) is 29.2 Å². The second-order valence-corrected chi connectivity index (χ2v) is 7.41. The minimum atomic E-state index is -1.12. The highest BCUT2D eigenvalue weighted by Crippen LogP contribution is 2.39. The number of allylic oxidation sites excluding steroid dienone is 1. The average molecular weight is 376 g/mol. The van der Waals surface area contributed by atoms with E-state index in [4.69, 9.17) is 0 Å². The molecule has 0 aromatic heterocycles. The molecule has 0 unspecified atom stereocenters. The first-order valence-corrected chi connectivity index (χ1v) is 9.52. The molecule has 2 aromatic carbocycles. The van der Waals surface area contributed by atoms with Gasteiger partial charge in [-0.25, -0.2) is 17.6 Å². The van der Waals surface area contributed by atoms with Crippen molar-refractivity contribution in [1.29, 1.82) is 0 Å². The van der Waals surface area contributed by atoms with E-state index in [2.05, 4.69) is 13.5 Å². The zero-order valence-corrected chi connectivity index (χ0v) is 15.5. The highest BCUT2D eigenvalue weighted by Gasteiger charge is 2.24. The van der Waals surface area contributed by atoms with Crippen molar-refractivity contribution in [3.63, 3.8) is 0 Å². The summed E-state index contributed by atoms with van der Waals surface area (Å²) in [7, 11) is 0. The minimum Gasteiger partial charge on any atom is -0.206 e. The zero-order chi connectivity index (χ0) is 19.6. The number of hydrogen-bond acceptors (Lipinski definition) is 0. The van der Waals surface area contributed by atoms with E-state index in [0.29, 0.717) is 11.5 Å². The molecule has 0 nitrogen and oxygen atoms in total. The Bertz CT molecular complexity index is 810. The molecule has 1 aliphatic rings. The largest absolute Gasteiger partial charge is 0.206 e. The van der Waals surface area contributed by atoms with Gasteiger partial charge in [0.25, 0.3) is 0 Å². The summed E-state index contributed by atoms with van der Waals surface area (Å²) in [4.78, 5) is 0.